The van der Waals surface area contributed by atoms with Crippen LogP contribution in [0.4, 0.5) is 18.9 Å². The number of esters is 1. The van der Waals surface area contributed by atoms with E-state index in [1.165, 1.54) is 11.6 Å². The van der Waals surface area contributed by atoms with Gasteiger partial charge in [0.25, 0.3) is 11.5 Å². The van der Waals surface area contributed by atoms with Crippen molar-refractivity contribution in [2.45, 2.75) is 26.3 Å². The summed E-state index contributed by atoms with van der Waals surface area (Å²) in [6.45, 7) is 2.96. The van der Waals surface area contributed by atoms with E-state index in [1.807, 2.05) is 0 Å². The predicted octanol–water partition coefficient (Wildman–Crippen LogP) is 3.57. The lowest BCUT2D eigenvalue weighted by molar-refractivity contribution is -0.274. The molecule has 1 atom stereocenters. The molecular formula is C22H20F3N3O5. The monoisotopic (exact) mass is 463 g/mol. The van der Waals surface area contributed by atoms with E-state index in [-0.39, 0.29) is 11.3 Å². The second kappa shape index (κ2) is 9.23. The Labute approximate surface area is 186 Å². The number of nitrogens with zero attached hydrogens (tertiary/aromatic N) is 2. The number of nitrogens with one attached hydrogen (secondary N) is 1. The van der Waals surface area contributed by atoms with Gasteiger partial charge in [-0.05, 0) is 50.2 Å². The van der Waals surface area contributed by atoms with Crippen molar-refractivity contribution in [2.24, 2.45) is 7.05 Å². The number of benzene rings is 2. The van der Waals surface area contributed by atoms with Crippen LogP contribution < -0.4 is 15.6 Å². The summed E-state index contributed by atoms with van der Waals surface area (Å²) in [7, 11) is 1.66. The van der Waals surface area contributed by atoms with Crippen LogP contribution in [0.1, 0.15) is 23.0 Å². The summed E-state index contributed by atoms with van der Waals surface area (Å²) in [5.74, 6) is -2.17. The number of ether oxygens (including phenoxy) is 2. The second-order valence-electron chi connectivity index (χ2n) is 7.05. The normalized spacial score (nSPS) is 12.2. The Kier molecular flexibility index (Phi) is 6.61. The van der Waals surface area contributed by atoms with Gasteiger partial charge in [0.05, 0.1) is 16.9 Å². The third-order valence-electron chi connectivity index (χ3n) is 4.78. The Morgan fingerprint density at radius 1 is 1.03 bits per heavy atom. The van der Waals surface area contributed by atoms with Crippen LogP contribution in [0.3, 0.4) is 0 Å². The fraction of sp³-hybridized carbons (Fsp3) is 0.227. The van der Waals surface area contributed by atoms with Crippen LogP contribution in [0.15, 0.2) is 59.4 Å². The Balaban J connectivity index is 1.70. The number of hydrogen-bond acceptors (Lipinski definition) is 5. The lowest BCUT2D eigenvalue weighted by Crippen LogP contribution is -2.32. The number of aromatic nitrogens is 2. The van der Waals surface area contributed by atoms with Crippen molar-refractivity contribution < 1.29 is 32.2 Å². The topological polar surface area (TPSA) is 91.6 Å². The molecular weight excluding hydrogens is 443 g/mol. The minimum absolute atomic E-state index is 0.0305. The Morgan fingerprint density at radius 3 is 2.21 bits per heavy atom. The first kappa shape index (κ1) is 23.6. The predicted molar refractivity (Wildman–Crippen MR) is 112 cm³/mol. The summed E-state index contributed by atoms with van der Waals surface area (Å²) in [4.78, 5) is 37.7. The number of anilines is 1. The number of para-hydroxylation sites is 1. The van der Waals surface area contributed by atoms with Crippen LogP contribution in [0.2, 0.25) is 0 Å². The largest absolute Gasteiger partial charge is 0.573 e. The van der Waals surface area contributed by atoms with Crippen molar-refractivity contribution in [1.29, 1.82) is 0 Å². The fourth-order valence-electron chi connectivity index (χ4n) is 3.01. The van der Waals surface area contributed by atoms with E-state index >= 15 is 0 Å². The minimum atomic E-state index is -4.86. The van der Waals surface area contributed by atoms with Gasteiger partial charge in [0.15, 0.2) is 6.10 Å². The van der Waals surface area contributed by atoms with Gasteiger partial charge in [-0.2, -0.15) is 0 Å². The van der Waals surface area contributed by atoms with Gasteiger partial charge in [-0.3, -0.25) is 14.3 Å². The lowest BCUT2D eigenvalue weighted by Gasteiger charge is -2.13. The van der Waals surface area contributed by atoms with E-state index in [0.29, 0.717) is 11.4 Å². The molecule has 1 amide bonds. The number of hydrogen-bond donors (Lipinski definition) is 1. The van der Waals surface area contributed by atoms with E-state index in [2.05, 4.69) is 10.1 Å². The van der Waals surface area contributed by atoms with E-state index < -0.39 is 35.7 Å². The van der Waals surface area contributed by atoms with Gasteiger partial charge < -0.3 is 14.8 Å². The number of halogens is 3. The highest BCUT2D eigenvalue weighted by molar-refractivity contribution is 5.97. The molecule has 0 radical (unpaired) electrons. The van der Waals surface area contributed by atoms with Crippen molar-refractivity contribution >= 4 is 17.6 Å². The summed E-state index contributed by atoms with van der Waals surface area (Å²) < 4.78 is 48.5. The number of carbonyl (C=O) groups is 2. The summed E-state index contributed by atoms with van der Waals surface area (Å²) in [6, 6.07) is 12.9. The molecule has 1 heterocycles. The molecule has 0 fully saturated rings. The highest BCUT2D eigenvalue weighted by Crippen LogP contribution is 2.23. The molecule has 11 heteroatoms. The molecule has 1 aromatic heterocycles. The van der Waals surface area contributed by atoms with E-state index in [4.69, 9.17) is 4.74 Å². The average molecular weight is 463 g/mol. The summed E-state index contributed by atoms with van der Waals surface area (Å²) in [5.41, 5.74) is 0.574. The van der Waals surface area contributed by atoms with Crippen LogP contribution in [0.25, 0.3) is 5.69 Å². The molecule has 8 nitrogen and oxygen atoms in total. The average Bonchev–Trinajstić information content (AvgIpc) is 2.96. The second-order valence-corrected chi connectivity index (χ2v) is 7.05. The summed E-state index contributed by atoms with van der Waals surface area (Å²) in [6.07, 6.45) is -6.14. The van der Waals surface area contributed by atoms with Crippen LogP contribution >= 0.6 is 0 Å². The van der Waals surface area contributed by atoms with Crippen LogP contribution in [-0.2, 0) is 16.6 Å². The molecule has 3 aromatic rings. The Hall–Kier alpha value is -4.02. The Bertz CT molecular complexity index is 1220. The molecule has 1 unspecified atom stereocenters. The quantitative estimate of drug-likeness (QED) is 0.565. The maximum atomic E-state index is 12.9. The molecule has 33 heavy (non-hydrogen) atoms. The molecule has 0 saturated heterocycles. The molecule has 0 aliphatic rings. The summed E-state index contributed by atoms with van der Waals surface area (Å²) in [5, 5.41) is 2.49. The van der Waals surface area contributed by atoms with Crippen LogP contribution in [0.5, 0.6) is 5.75 Å². The molecule has 0 bridgehead atoms. The van der Waals surface area contributed by atoms with Gasteiger partial charge in [-0.25, -0.2) is 9.48 Å². The molecule has 0 aliphatic carbocycles. The first-order valence-corrected chi connectivity index (χ1v) is 9.69. The smallest absolute Gasteiger partial charge is 0.449 e. The molecule has 0 spiro atoms. The molecule has 3 rings (SSSR count). The first-order valence-electron chi connectivity index (χ1n) is 9.69. The van der Waals surface area contributed by atoms with Crippen molar-refractivity contribution in [3.05, 3.63) is 76.2 Å². The fourth-order valence-corrected chi connectivity index (χ4v) is 3.01. The highest BCUT2D eigenvalue weighted by Gasteiger charge is 2.31. The number of alkyl halides is 3. The van der Waals surface area contributed by atoms with E-state index in [0.717, 1.165) is 24.3 Å². The maximum Gasteiger partial charge on any atom is 0.573 e. The third-order valence-corrected chi connectivity index (χ3v) is 4.78. The van der Waals surface area contributed by atoms with Gasteiger partial charge in [0, 0.05) is 7.05 Å². The zero-order valence-electron chi connectivity index (χ0n) is 17.8. The maximum absolute atomic E-state index is 12.9. The molecule has 174 valence electrons. The summed E-state index contributed by atoms with van der Waals surface area (Å²) >= 11 is 0. The van der Waals surface area contributed by atoms with Crippen molar-refractivity contribution in [3.63, 3.8) is 0 Å². The zero-order valence-corrected chi connectivity index (χ0v) is 17.8. The van der Waals surface area contributed by atoms with Gasteiger partial charge in [0.1, 0.15) is 11.4 Å². The van der Waals surface area contributed by atoms with Gasteiger partial charge in [0.2, 0.25) is 0 Å². The first-order chi connectivity index (χ1) is 15.5. The van der Waals surface area contributed by atoms with Crippen molar-refractivity contribution in [3.8, 4) is 11.4 Å². The van der Waals surface area contributed by atoms with E-state index in [1.54, 1.807) is 49.0 Å². The molecule has 0 saturated carbocycles. The van der Waals surface area contributed by atoms with Gasteiger partial charge >= 0.3 is 12.3 Å². The minimum Gasteiger partial charge on any atom is -0.449 e. The number of amides is 1. The van der Waals surface area contributed by atoms with Crippen LogP contribution in [-0.4, -0.2) is 33.7 Å². The van der Waals surface area contributed by atoms with Crippen LogP contribution in [0, 0.1) is 6.92 Å². The zero-order chi connectivity index (χ0) is 24.3. The molecule has 2 aromatic carbocycles. The standard InChI is InChI=1S/C22H20F3N3O5/c1-13-18(20(30)28(27(13)3)16-7-5-4-6-8-16)26-19(29)14(2)32-21(31)15-9-11-17(12-10-15)33-22(23,24)25/h4-12,14H,1-3H3,(H,26,29). The lowest BCUT2D eigenvalue weighted by atomic mass is 10.2. The van der Waals surface area contributed by atoms with Crippen molar-refractivity contribution in [1.82, 2.24) is 9.36 Å². The third kappa shape index (κ3) is 5.43. The highest BCUT2D eigenvalue weighted by atomic mass is 19.4. The number of rotatable bonds is 6. The van der Waals surface area contributed by atoms with E-state index in [9.17, 15) is 27.6 Å². The van der Waals surface area contributed by atoms with Crippen molar-refractivity contribution in [2.75, 3.05) is 5.32 Å². The van der Waals surface area contributed by atoms with Gasteiger partial charge in [-0.1, -0.05) is 18.2 Å². The number of carbonyl (C=O) groups excluding carboxylic acids is 2. The Morgan fingerprint density at radius 2 is 1.64 bits per heavy atom. The van der Waals surface area contributed by atoms with Gasteiger partial charge in [-0.15, -0.1) is 13.2 Å². The molecule has 0 aliphatic heterocycles. The molecule has 1 N–H and O–H groups in total. The SMILES string of the molecule is Cc1c(NC(=O)C(C)OC(=O)c2ccc(OC(F)(F)F)cc2)c(=O)n(-c2ccccc2)n1C.